The summed E-state index contributed by atoms with van der Waals surface area (Å²) < 4.78 is 37.5. The fourth-order valence-corrected chi connectivity index (χ4v) is 1.98. The van der Waals surface area contributed by atoms with Gasteiger partial charge in [0.15, 0.2) is 0 Å². The number of hydrogen-bond acceptors (Lipinski definition) is 2. The quantitative estimate of drug-likeness (QED) is 0.859. The Balaban J connectivity index is 2.22. The third kappa shape index (κ3) is 2.25. The number of phenols is 1. The highest BCUT2D eigenvalue weighted by atomic mass is 35.5. The Hall–Kier alpha value is -1.43. The lowest BCUT2D eigenvalue weighted by molar-refractivity contribution is -0.199. The zero-order valence-electron chi connectivity index (χ0n) is 9.04. The van der Waals surface area contributed by atoms with Crippen LogP contribution in [-0.4, -0.2) is 34.7 Å². The minimum Gasteiger partial charge on any atom is -0.507 e. The molecule has 1 aromatic carbocycles. The summed E-state index contributed by atoms with van der Waals surface area (Å²) in [6.07, 6.45) is -4.54. The molecule has 0 aliphatic carbocycles. The van der Waals surface area contributed by atoms with E-state index in [1.165, 1.54) is 12.1 Å². The molecule has 1 amide bonds. The predicted octanol–water partition coefficient (Wildman–Crippen LogP) is 2.82. The summed E-state index contributed by atoms with van der Waals surface area (Å²) >= 11 is 5.59. The topological polar surface area (TPSA) is 40.5 Å². The highest BCUT2D eigenvalue weighted by Gasteiger charge is 2.50. The molecular formula is C11H9ClF3NO2. The van der Waals surface area contributed by atoms with Gasteiger partial charge in [-0.3, -0.25) is 4.79 Å². The van der Waals surface area contributed by atoms with Gasteiger partial charge in [0, 0.05) is 11.6 Å². The van der Waals surface area contributed by atoms with Crippen LogP contribution in [0.25, 0.3) is 0 Å². The molecule has 1 unspecified atom stereocenters. The summed E-state index contributed by atoms with van der Waals surface area (Å²) in [5.74, 6) is -1.25. The molecule has 1 aromatic rings. The zero-order chi connectivity index (χ0) is 13.5. The van der Waals surface area contributed by atoms with Crippen LogP contribution in [-0.2, 0) is 0 Å². The lowest BCUT2D eigenvalue weighted by atomic mass is 10.0. The van der Waals surface area contributed by atoms with Crippen molar-refractivity contribution in [2.45, 2.75) is 18.6 Å². The van der Waals surface area contributed by atoms with Crippen molar-refractivity contribution in [3.05, 3.63) is 28.8 Å². The molecule has 0 spiro atoms. The number of benzene rings is 1. The van der Waals surface area contributed by atoms with Crippen molar-refractivity contribution < 1.29 is 23.1 Å². The lowest BCUT2D eigenvalue weighted by Crippen LogP contribution is -2.58. The van der Waals surface area contributed by atoms with E-state index in [1.54, 1.807) is 0 Å². The number of aromatic hydroxyl groups is 1. The van der Waals surface area contributed by atoms with Crippen LogP contribution in [0.2, 0.25) is 5.02 Å². The Morgan fingerprint density at radius 3 is 2.56 bits per heavy atom. The molecule has 0 aromatic heterocycles. The van der Waals surface area contributed by atoms with Gasteiger partial charge in [-0.15, -0.1) is 0 Å². The average Bonchev–Trinajstić information content (AvgIpc) is 2.12. The highest BCUT2D eigenvalue weighted by Crippen LogP contribution is 2.35. The Morgan fingerprint density at radius 1 is 1.44 bits per heavy atom. The van der Waals surface area contributed by atoms with Gasteiger partial charge in [0.2, 0.25) is 0 Å². The van der Waals surface area contributed by atoms with Gasteiger partial charge in [-0.25, -0.2) is 0 Å². The fraction of sp³-hybridized carbons (Fsp3) is 0.364. The molecular weight excluding hydrogens is 271 g/mol. The lowest BCUT2D eigenvalue weighted by Gasteiger charge is -2.41. The average molecular weight is 280 g/mol. The summed E-state index contributed by atoms with van der Waals surface area (Å²) in [6, 6.07) is 1.92. The Bertz CT molecular complexity index is 490. The number of amides is 1. The smallest absolute Gasteiger partial charge is 0.408 e. The van der Waals surface area contributed by atoms with E-state index in [2.05, 4.69) is 0 Å². The second-order valence-electron chi connectivity index (χ2n) is 4.01. The monoisotopic (exact) mass is 279 g/mol. The first kappa shape index (κ1) is 13.0. The van der Waals surface area contributed by atoms with Gasteiger partial charge in [0.1, 0.15) is 11.8 Å². The predicted molar refractivity (Wildman–Crippen MR) is 58.6 cm³/mol. The SMILES string of the molecule is O=C(c1ccc(Cl)cc1O)N1CCC1C(F)(F)F. The normalized spacial score (nSPS) is 19.6. The summed E-state index contributed by atoms with van der Waals surface area (Å²) in [5, 5.41) is 9.71. The maximum absolute atomic E-state index is 12.5. The third-order valence-corrected chi connectivity index (χ3v) is 3.08. The standard InChI is InChI=1S/C11H9ClF3NO2/c12-6-1-2-7(8(17)5-6)10(18)16-4-3-9(16)11(13,14)15/h1-2,5,9,17H,3-4H2. The molecule has 1 heterocycles. The van der Waals surface area contributed by atoms with Crippen molar-refractivity contribution >= 4 is 17.5 Å². The van der Waals surface area contributed by atoms with E-state index in [9.17, 15) is 23.1 Å². The molecule has 1 N–H and O–H groups in total. The molecule has 0 bridgehead atoms. The van der Waals surface area contributed by atoms with E-state index in [0.717, 1.165) is 6.07 Å². The van der Waals surface area contributed by atoms with Crippen LogP contribution in [0.15, 0.2) is 18.2 Å². The van der Waals surface area contributed by atoms with Crippen molar-refractivity contribution in [2.75, 3.05) is 6.54 Å². The number of phenolic OH excluding ortho intramolecular Hbond substituents is 1. The Labute approximate surface area is 106 Å². The van der Waals surface area contributed by atoms with Crippen LogP contribution < -0.4 is 0 Å². The molecule has 3 nitrogen and oxygen atoms in total. The molecule has 18 heavy (non-hydrogen) atoms. The number of carbonyl (C=O) groups excluding carboxylic acids is 1. The van der Waals surface area contributed by atoms with Crippen LogP contribution in [0.3, 0.4) is 0 Å². The second kappa shape index (κ2) is 4.35. The number of halogens is 4. The Morgan fingerprint density at radius 2 is 2.11 bits per heavy atom. The molecule has 1 aliphatic heterocycles. The molecule has 0 radical (unpaired) electrons. The summed E-state index contributed by atoms with van der Waals surface area (Å²) in [4.78, 5) is 12.5. The van der Waals surface area contributed by atoms with Gasteiger partial charge in [0.25, 0.3) is 5.91 Å². The molecule has 1 saturated heterocycles. The van der Waals surface area contributed by atoms with E-state index < -0.39 is 23.9 Å². The van der Waals surface area contributed by atoms with Gasteiger partial charge >= 0.3 is 6.18 Å². The van der Waals surface area contributed by atoms with E-state index in [4.69, 9.17) is 11.6 Å². The van der Waals surface area contributed by atoms with Gasteiger partial charge in [-0.1, -0.05) is 11.6 Å². The van der Waals surface area contributed by atoms with E-state index >= 15 is 0 Å². The van der Waals surface area contributed by atoms with Crippen LogP contribution in [0.4, 0.5) is 13.2 Å². The molecule has 1 fully saturated rings. The molecule has 1 aliphatic rings. The number of nitrogens with zero attached hydrogens (tertiary/aromatic N) is 1. The number of alkyl halides is 3. The molecule has 0 saturated carbocycles. The number of likely N-dealkylation sites (tertiary alicyclic amines) is 1. The van der Waals surface area contributed by atoms with Gasteiger partial charge in [0.05, 0.1) is 5.56 Å². The van der Waals surface area contributed by atoms with Crippen molar-refractivity contribution in [3.63, 3.8) is 0 Å². The van der Waals surface area contributed by atoms with E-state index in [1.807, 2.05) is 0 Å². The fourth-order valence-electron chi connectivity index (χ4n) is 1.81. The van der Waals surface area contributed by atoms with Crippen molar-refractivity contribution in [2.24, 2.45) is 0 Å². The molecule has 7 heteroatoms. The van der Waals surface area contributed by atoms with Gasteiger partial charge < -0.3 is 10.0 Å². The minimum absolute atomic E-state index is 0.0328. The van der Waals surface area contributed by atoms with Crippen molar-refractivity contribution in [1.29, 1.82) is 0 Å². The van der Waals surface area contributed by atoms with E-state index in [-0.39, 0.29) is 23.6 Å². The zero-order valence-corrected chi connectivity index (χ0v) is 9.79. The maximum Gasteiger partial charge on any atom is 0.408 e. The summed E-state index contributed by atoms with van der Waals surface area (Å²) in [5.41, 5.74) is -0.173. The second-order valence-corrected chi connectivity index (χ2v) is 4.44. The number of rotatable bonds is 1. The Kier molecular flexibility index (Phi) is 3.14. The number of hydrogen-bond donors (Lipinski definition) is 1. The van der Waals surface area contributed by atoms with Crippen molar-refractivity contribution in [3.8, 4) is 5.75 Å². The largest absolute Gasteiger partial charge is 0.507 e. The van der Waals surface area contributed by atoms with Crippen LogP contribution >= 0.6 is 11.6 Å². The van der Waals surface area contributed by atoms with E-state index in [0.29, 0.717) is 4.90 Å². The first-order valence-corrected chi connectivity index (χ1v) is 5.54. The van der Waals surface area contributed by atoms with Crippen LogP contribution in [0.1, 0.15) is 16.8 Å². The molecule has 2 rings (SSSR count). The van der Waals surface area contributed by atoms with Crippen LogP contribution in [0, 0.1) is 0 Å². The number of carbonyl (C=O) groups is 1. The third-order valence-electron chi connectivity index (χ3n) is 2.85. The van der Waals surface area contributed by atoms with Gasteiger partial charge in [-0.05, 0) is 24.6 Å². The maximum atomic E-state index is 12.5. The summed E-state index contributed by atoms with van der Waals surface area (Å²) in [7, 11) is 0. The van der Waals surface area contributed by atoms with Crippen LogP contribution in [0.5, 0.6) is 5.75 Å². The first-order valence-electron chi connectivity index (χ1n) is 5.17. The molecule has 1 atom stereocenters. The van der Waals surface area contributed by atoms with Crippen molar-refractivity contribution in [1.82, 2.24) is 4.90 Å². The first-order chi connectivity index (χ1) is 8.30. The highest BCUT2D eigenvalue weighted by molar-refractivity contribution is 6.30. The minimum atomic E-state index is -4.43. The summed E-state index contributed by atoms with van der Waals surface area (Å²) in [6.45, 7) is 0.0328. The molecule has 98 valence electrons. The van der Waals surface area contributed by atoms with Gasteiger partial charge in [-0.2, -0.15) is 13.2 Å².